The van der Waals surface area contributed by atoms with Gasteiger partial charge in [-0.05, 0) is 24.5 Å². The van der Waals surface area contributed by atoms with E-state index in [-0.39, 0.29) is 0 Å². The first-order valence-electron chi connectivity index (χ1n) is 9.06. The Morgan fingerprint density at radius 3 is 2.00 bits per heavy atom. The van der Waals surface area contributed by atoms with Gasteiger partial charge in [-0.25, -0.2) is 0 Å². The number of hydrogen-bond acceptors (Lipinski definition) is 0. The maximum atomic E-state index is 3.22. The van der Waals surface area contributed by atoms with Crippen LogP contribution in [0.2, 0.25) is 0 Å². The van der Waals surface area contributed by atoms with Crippen LogP contribution in [0.25, 0.3) is 6.08 Å². The van der Waals surface area contributed by atoms with Gasteiger partial charge in [-0.2, -0.15) is 0 Å². The molecule has 117 valence electrons. The summed E-state index contributed by atoms with van der Waals surface area (Å²) < 4.78 is 0. The standard InChI is InChI=1S/C21H33/c1-2-3-4-5-6-7-8-9-10-11-12-13-15-18-21-19-16-14-17-20-21/h14-19H,2-13H2,1H3. The lowest BCUT2D eigenvalue weighted by Crippen LogP contribution is -1.82. The van der Waals surface area contributed by atoms with E-state index >= 15 is 0 Å². The van der Waals surface area contributed by atoms with E-state index < -0.39 is 0 Å². The fourth-order valence-corrected chi connectivity index (χ4v) is 2.65. The van der Waals surface area contributed by atoms with Gasteiger partial charge < -0.3 is 0 Å². The van der Waals surface area contributed by atoms with Gasteiger partial charge in [-0.3, -0.25) is 0 Å². The van der Waals surface area contributed by atoms with Crippen molar-refractivity contribution in [2.45, 2.75) is 84.0 Å². The van der Waals surface area contributed by atoms with E-state index in [0.717, 1.165) is 0 Å². The number of hydrogen-bond donors (Lipinski definition) is 0. The Kier molecular flexibility index (Phi) is 11.9. The largest absolute Gasteiger partial charge is 0.0839 e. The van der Waals surface area contributed by atoms with Crippen LogP contribution >= 0.6 is 0 Å². The Balaban J connectivity index is 1.82. The number of rotatable bonds is 13. The minimum absolute atomic E-state index is 1.19. The molecule has 0 amide bonds. The quantitative estimate of drug-likeness (QED) is 0.336. The van der Waals surface area contributed by atoms with Crippen molar-refractivity contribution in [3.05, 3.63) is 42.0 Å². The van der Waals surface area contributed by atoms with E-state index in [1.807, 2.05) is 12.1 Å². The summed E-state index contributed by atoms with van der Waals surface area (Å²) in [7, 11) is 0. The molecular weight excluding hydrogens is 252 g/mol. The van der Waals surface area contributed by atoms with Gasteiger partial charge in [0.15, 0.2) is 0 Å². The van der Waals surface area contributed by atoms with Crippen LogP contribution in [0.15, 0.2) is 30.3 Å². The lowest BCUT2D eigenvalue weighted by molar-refractivity contribution is 0.550. The molecule has 0 saturated heterocycles. The summed E-state index contributed by atoms with van der Waals surface area (Å²) in [6, 6.07) is 11.4. The molecule has 1 rings (SSSR count). The second-order valence-corrected chi connectivity index (χ2v) is 6.04. The van der Waals surface area contributed by atoms with Crippen molar-refractivity contribution in [3.8, 4) is 0 Å². The molecule has 0 atom stereocenters. The van der Waals surface area contributed by atoms with E-state index in [0.29, 0.717) is 0 Å². The molecule has 0 bridgehead atoms. The number of benzene rings is 1. The molecule has 1 aromatic rings. The fourth-order valence-electron chi connectivity index (χ4n) is 2.65. The van der Waals surface area contributed by atoms with Crippen molar-refractivity contribution in [1.29, 1.82) is 0 Å². The Morgan fingerprint density at radius 1 is 0.810 bits per heavy atom. The zero-order valence-corrected chi connectivity index (χ0v) is 13.9. The first kappa shape index (κ1) is 18.0. The van der Waals surface area contributed by atoms with Crippen LogP contribution in [0.3, 0.4) is 0 Å². The van der Waals surface area contributed by atoms with Gasteiger partial charge in [0.25, 0.3) is 0 Å². The normalized spacial score (nSPS) is 11.3. The number of allylic oxidation sites excluding steroid dienone is 1. The molecule has 0 unspecified atom stereocenters. The molecule has 0 heteroatoms. The van der Waals surface area contributed by atoms with Crippen LogP contribution in [0.1, 0.15) is 89.5 Å². The Bertz CT molecular complexity index is 336. The summed E-state index contributed by atoms with van der Waals surface area (Å²) in [5.41, 5.74) is 1.19. The van der Waals surface area contributed by atoms with E-state index in [1.54, 1.807) is 0 Å². The predicted molar refractivity (Wildman–Crippen MR) is 95.4 cm³/mol. The highest BCUT2D eigenvalue weighted by molar-refractivity contribution is 5.47. The lowest BCUT2D eigenvalue weighted by Gasteiger charge is -2.01. The van der Waals surface area contributed by atoms with Crippen LogP contribution in [0.5, 0.6) is 0 Å². The minimum atomic E-state index is 1.19. The molecule has 1 radical (unpaired) electrons. The van der Waals surface area contributed by atoms with Gasteiger partial charge in [0.2, 0.25) is 0 Å². The van der Waals surface area contributed by atoms with Gasteiger partial charge in [-0.15, -0.1) is 0 Å². The van der Waals surface area contributed by atoms with Crippen LogP contribution in [-0.4, -0.2) is 0 Å². The molecule has 0 saturated carbocycles. The summed E-state index contributed by atoms with van der Waals surface area (Å²) in [5, 5.41) is 0. The second kappa shape index (κ2) is 13.9. The van der Waals surface area contributed by atoms with E-state index in [2.05, 4.69) is 37.3 Å². The fraction of sp³-hybridized carbons (Fsp3) is 0.619. The van der Waals surface area contributed by atoms with Crippen LogP contribution in [-0.2, 0) is 0 Å². The minimum Gasteiger partial charge on any atom is -0.0839 e. The first-order valence-corrected chi connectivity index (χ1v) is 9.06. The topological polar surface area (TPSA) is 0 Å². The van der Waals surface area contributed by atoms with Crippen LogP contribution < -0.4 is 0 Å². The van der Waals surface area contributed by atoms with Gasteiger partial charge in [0.1, 0.15) is 0 Å². The molecule has 0 aliphatic carbocycles. The smallest absolute Gasteiger partial charge is 0.0106 e. The molecule has 0 nitrogen and oxygen atoms in total. The molecule has 0 fully saturated rings. The molecule has 0 aliphatic heterocycles. The summed E-state index contributed by atoms with van der Waals surface area (Å²) in [6.07, 6.45) is 21.3. The molecule has 0 heterocycles. The highest BCUT2D eigenvalue weighted by atomic mass is 14.0. The zero-order chi connectivity index (χ0) is 15.0. The Labute approximate surface area is 132 Å². The summed E-state index contributed by atoms with van der Waals surface area (Å²) >= 11 is 0. The van der Waals surface area contributed by atoms with Crippen molar-refractivity contribution in [2.24, 2.45) is 0 Å². The first-order chi connectivity index (χ1) is 10.4. The third kappa shape index (κ3) is 11.3. The molecule has 0 aromatic heterocycles. The van der Waals surface area contributed by atoms with Gasteiger partial charge in [0, 0.05) is 0 Å². The van der Waals surface area contributed by atoms with Crippen LogP contribution in [0, 0.1) is 6.07 Å². The average Bonchev–Trinajstić information content (AvgIpc) is 2.53. The Morgan fingerprint density at radius 2 is 1.43 bits per heavy atom. The third-order valence-electron chi connectivity index (χ3n) is 4.00. The van der Waals surface area contributed by atoms with Crippen molar-refractivity contribution in [3.63, 3.8) is 0 Å². The maximum Gasteiger partial charge on any atom is -0.0106 e. The molecular formula is C21H33. The predicted octanol–water partition coefficient (Wildman–Crippen LogP) is 7.20. The SMILES string of the molecule is CCCCCCCCCCCCCC=Cc1[c]cccc1. The van der Waals surface area contributed by atoms with E-state index in [9.17, 15) is 0 Å². The second-order valence-electron chi connectivity index (χ2n) is 6.04. The highest BCUT2D eigenvalue weighted by Gasteiger charge is 1.92. The molecule has 1 aromatic carbocycles. The van der Waals surface area contributed by atoms with Crippen molar-refractivity contribution < 1.29 is 0 Å². The third-order valence-corrected chi connectivity index (χ3v) is 4.00. The van der Waals surface area contributed by atoms with E-state index in [1.165, 1.54) is 82.6 Å². The van der Waals surface area contributed by atoms with Gasteiger partial charge in [-0.1, -0.05) is 108 Å². The number of unbranched alkanes of at least 4 members (excludes halogenated alkanes) is 11. The summed E-state index contributed by atoms with van der Waals surface area (Å²) in [6.45, 7) is 2.29. The van der Waals surface area contributed by atoms with Crippen molar-refractivity contribution in [1.82, 2.24) is 0 Å². The summed E-state index contributed by atoms with van der Waals surface area (Å²) in [4.78, 5) is 0. The highest BCUT2D eigenvalue weighted by Crippen LogP contribution is 2.12. The van der Waals surface area contributed by atoms with Crippen molar-refractivity contribution in [2.75, 3.05) is 0 Å². The lowest BCUT2D eigenvalue weighted by atomic mass is 10.1. The molecule has 0 spiro atoms. The summed E-state index contributed by atoms with van der Waals surface area (Å²) in [5.74, 6) is 0. The van der Waals surface area contributed by atoms with Gasteiger partial charge >= 0.3 is 0 Å². The average molecular weight is 285 g/mol. The van der Waals surface area contributed by atoms with Gasteiger partial charge in [0.05, 0.1) is 0 Å². The molecule has 21 heavy (non-hydrogen) atoms. The molecule has 0 N–H and O–H groups in total. The monoisotopic (exact) mass is 285 g/mol. The van der Waals surface area contributed by atoms with Crippen LogP contribution in [0.4, 0.5) is 0 Å². The maximum absolute atomic E-state index is 3.22. The zero-order valence-electron chi connectivity index (χ0n) is 13.9. The van der Waals surface area contributed by atoms with Crippen molar-refractivity contribution >= 4 is 6.08 Å². The van der Waals surface area contributed by atoms with E-state index in [4.69, 9.17) is 0 Å². The Hall–Kier alpha value is -1.04. The molecule has 0 aliphatic rings.